The maximum absolute atomic E-state index is 12.7. The summed E-state index contributed by atoms with van der Waals surface area (Å²) in [7, 11) is 0. The van der Waals surface area contributed by atoms with Crippen LogP contribution in [0.5, 0.6) is 0 Å². The number of nitrogens with zero attached hydrogens (tertiary/aromatic N) is 1. The van der Waals surface area contributed by atoms with Crippen molar-refractivity contribution in [2.24, 2.45) is 11.3 Å². The summed E-state index contributed by atoms with van der Waals surface area (Å²) in [5.74, 6) is -0.950. The number of carboxylic acid groups (broad SMARTS) is 1. The van der Waals surface area contributed by atoms with Crippen molar-refractivity contribution in [3.05, 3.63) is 71.6 Å². The number of carbonyl (C=O) groups excluding carboxylic acids is 1. The van der Waals surface area contributed by atoms with Crippen molar-refractivity contribution in [1.29, 1.82) is 0 Å². The number of carbonyl (C=O) groups is 2. The number of carboxylic acids is 1. The van der Waals surface area contributed by atoms with Crippen molar-refractivity contribution in [2.75, 3.05) is 0 Å². The minimum absolute atomic E-state index is 0.0103. The van der Waals surface area contributed by atoms with Gasteiger partial charge < -0.3 is 5.11 Å². The van der Waals surface area contributed by atoms with Gasteiger partial charge in [-0.3, -0.25) is 14.6 Å². The van der Waals surface area contributed by atoms with Gasteiger partial charge in [-0.15, -0.1) is 0 Å². The molecule has 1 rings (SSSR count). The van der Waals surface area contributed by atoms with Crippen LogP contribution >= 0.6 is 0 Å². The summed E-state index contributed by atoms with van der Waals surface area (Å²) < 4.78 is 0. The third kappa shape index (κ3) is 11.0. The lowest BCUT2D eigenvalue weighted by molar-refractivity contribution is -0.138. The van der Waals surface area contributed by atoms with E-state index in [4.69, 9.17) is 5.11 Å². The number of pyridine rings is 1. The van der Waals surface area contributed by atoms with E-state index in [2.05, 4.69) is 43.6 Å². The zero-order valence-corrected chi connectivity index (χ0v) is 20.4. The molecular weight excluding hydrogens is 398 g/mol. The van der Waals surface area contributed by atoms with E-state index in [0.29, 0.717) is 12.8 Å². The predicted octanol–water partition coefficient (Wildman–Crippen LogP) is 7.20. The fourth-order valence-corrected chi connectivity index (χ4v) is 3.59. The summed E-state index contributed by atoms with van der Waals surface area (Å²) in [6.07, 6.45) is 14.1. The topological polar surface area (TPSA) is 67.3 Å². The van der Waals surface area contributed by atoms with E-state index in [1.165, 1.54) is 11.1 Å². The average Bonchev–Trinajstić information content (AvgIpc) is 2.72. The highest BCUT2D eigenvalue weighted by Crippen LogP contribution is 2.29. The number of aromatic nitrogens is 1. The Bertz CT molecular complexity index is 860. The van der Waals surface area contributed by atoms with Gasteiger partial charge in [-0.1, -0.05) is 68.4 Å². The van der Waals surface area contributed by atoms with Crippen LogP contribution in [-0.4, -0.2) is 21.8 Å². The molecule has 4 heteroatoms. The first-order valence-corrected chi connectivity index (χ1v) is 11.4. The SMILES string of the molecule is C=C(/C=C/C/C(C)=C\CC/C(C)=C/c1ccccn1)CC(C)C(=O)C(C)(C)CCC(=O)O. The third-order valence-electron chi connectivity index (χ3n) is 5.55. The van der Waals surface area contributed by atoms with E-state index in [1.807, 2.05) is 45.0 Å². The second-order valence-corrected chi connectivity index (χ2v) is 9.35. The second kappa shape index (κ2) is 13.6. The molecule has 174 valence electrons. The van der Waals surface area contributed by atoms with Gasteiger partial charge in [0.2, 0.25) is 0 Å². The number of aliphatic carboxylic acids is 1. The Hall–Kier alpha value is -2.75. The first-order valence-electron chi connectivity index (χ1n) is 11.4. The van der Waals surface area contributed by atoms with Gasteiger partial charge in [-0.05, 0) is 64.2 Å². The first kappa shape index (κ1) is 27.3. The molecule has 1 unspecified atom stereocenters. The van der Waals surface area contributed by atoms with E-state index in [-0.39, 0.29) is 18.1 Å². The Morgan fingerprint density at radius 2 is 1.91 bits per heavy atom. The number of ketones is 1. The van der Waals surface area contributed by atoms with Crippen LogP contribution in [0.3, 0.4) is 0 Å². The lowest BCUT2D eigenvalue weighted by Gasteiger charge is -2.26. The molecule has 1 heterocycles. The lowest BCUT2D eigenvalue weighted by Crippen LogP contribution is -2.30. The molecule has 0 amide bonds. The molecule has 0 aliphatic carbocycles. The number of hydrogen-bond donors (Lipinski definition) is 1. The molecule has 32 heavy (non-hydrogen) atoms. The Labute approximate surface area is 193 Å². The minimum atomic E-state index is -0.867. The largest absolute Gasteiger partial charge is 0.481 e. The zero-order valence-electron chi connectivity index (χ0n) is 20.4. The van der Waals surface area contributed by atoms with Gasteiger partial charge in [0.05, 0.1) is 5.69 Å². The highest BCUT2D eigenvalue weighted by atomic mass is 16.4. The van der Waals surface area contributed by atoms with E-state index >= 15 is 0 Å². The highest BCUT2D eigenvalue weighted by molar-refractivity contribution is 5.86. The quantitative estimate of drug-likeness (QED) is 0.247. The van der Waals surface area contributed by atoms with Crippen molar-refractivity contribution < 1.29 is 14.7 Å². The van der Waals surface area contributed by atoms with Crippen LogP contribution in [-0.2, 0) is 9.59 Å². The summed E-state index contributed by atoms with van der Waals surface area (Å²) in [5.41, 5.74) is 3.89. The van der Waals surface area contributed by atoms with E-state index < -0.39 is 11.4 Å². The Morgan fingerprint density at radius 1 is 1.19 bits per heavy atom. The van der Waals surface area contributed by atoms with Crippen LogP contribution < -0.4 is 0 Å². The van der Waals surface area contributed by atoms with Crippen molar-refractivity contribution in [3.8, 4) is 0 Å². The standard InChI is InChI=1S/C28H39NO3/c1-21(12-10-14-23(3)20-25-15-7-8-18-29-25)11-9-13-22(2)19-24(4)27(32)28(5,6)17-16-26(30)31/h7-9,12-13,15,18,20,24H,2,10-11,14,16-17,19H2,1,3-6H3,(H,30,31)/b13-9+,21-12-,23-20+. The van der Waals surface area contributed by atoms with Gasteiger partial charge in [0, 0.05) is 24.0 Å². The fraction of sp³-hybridized carbons (Fsp3) is 0.464. The Morgan fingerprint density at radius 3 is 2.53 bits per heavy atom. The summed E-state index contributed by atoms with van der Waals surface area (Å²) >= 11 is 0. The molecule has 1 aromatic heterocycles. The maximum Gasteiger partial charge on any atom is 0.303 e. The molecule has 0 radical (unpaired) electrons. The molecule has 1 N–H and O–H groups in total. The second-order valence-electron chi connectivity index (χ2n) is 9.35. The normalized spacial score (nSPS) is 13.9. The van der Waals surface area contributed by atoms with Crippen LogP contribution in [0.25, 0.3) is 6.08 Å². The summed E-state index contributed by atoms with van der Waals surface area (Å²) in [6.45, 7) is 13.9. The first-order chi connectivity index (χ1) is 15.0. The number of hydrogen-bond acceptors (Lipinski definition) is 3. The molecule has 0 bridgehead atoms. The van der Waals surface area contributed by atoms with Gasteiger partial charge in [0.25, 0.3) is 0 Å². The van der Waals surface area contributed by atoms with Crippen molar-refractivity contribution in [3.63, 3.8) is 0 Å². The van der Waals surface area contributed by atoms with E-state index in [9.17, 15) is 9.59 Å². The van der Waals surface area contributed by atoms with Crippen LogP contribution in [0, 0.1) is 11.3 Å². The molecule has 0 saturated heterocycles. The average molecular weight is 438 g/mol. The molecule has 0 spiro atoms. The van der Waals surface area contributed by atoms with Gasteiger partial charge in [-0.2, -0.15) is 0 Å². The third-order valence-corrected chi connectivity index (χ3v) is 5.55. The zero-order chi connectivity index (χ0) is 24.1. The highest BCUT2D eigenvalue weighted by Gasteiger charge is 2.31. The van der Waals surface area contributed by atoms with Crippen LogP contribution in [0.2, 0.25) is 0 Å². The number of allylic oxidation sites excluding steroid dienone is 6. The van der Waals surface area contributed by atoms with Crippen LogP contribution in [0.1, 0.15) is 78.8 Å². The van der Waals surface area contributed by atoms with E-state index in [0.717, 1.165) is 30.5 Å². The molecule has 1 atom stereocenters. The molecule has 0 aliphatic heterocycles. The predicted molar refractivity (Wildman–Crippen MR) is 133 cm³/mol. The molecule has 0 aromatic carbocycles. The molecule has 0 saturated carbocycles. The monoisotopic (exact) mass is 437 g/mol. The van der Waals surface area contributed by atoms with Gasteiger partial charge in [0.1, 0.15) is 5.78 Å². The van der Waals surface area contributed by atoms with Crippen LogP contribution in [0.15, 0.2) is 65.9 Å². The molecule has 1 aromatic rings. The van der Waals surface area contributed by atoms with E-state index in [1.54, 1.807) is 6.20 Å². The van der Waals surface area contributed by atoms with Gasteiger partial charge >= 0.3 is 5.97 Å². The summed E-state index contributed by atoms with van der Waals surface area (Å²) in [4.78, 5) is 27.9. The van der Waals surface area contributed by atoms with Crippen molar-refractivity contribution in [2.45, 2.75) is 73.1 Å². The van der Waals surface area contributed by atoms with Crippen molar-refractivity contribution in [1.82, 2.24) is 4.98 Å². The Kier molecular flexibility index (Phi) is 11.6. The molecule has 0 aliphatic rings. The summed E-state index contributed by atoms with van der Waals surface area (Å²) in [6, 6.07) is 5.92. The number of rotatable bonds is 14. The molecule has 4 nitrogen and oxygen atoms in total. The van der Waals surface area contributed by atoms with Gasteiger partial charge in [0.15, 0.2) is 0 Å². The summed E-state index contributed by atoms with van der Waals surface area (Å²) in [5, 5.41) is 8.88. The number of Topliss-reactive ketones (excluding diaryl/α,β-unsaturated/α-hetero) is 1. The minimum Gasteiger partial charge on any atom is -0.481 e. The molecular formula is C28H39NO3. The van der Waals surface area contributed by atoms with Crippen molar-refractivity contribution >= 4 is 17.8 Å². The Balaban J connectivity index is 2.43. The smallest absolute Gasteiger partial charge is 0.303 e. The lowest BCUT2D eigenvalue weighted by atomic mass is 9.76. The maximum atomic E-state index is 12.7. The fourth-order valence-electron chi connectivity index (χ4n) is 3.59. The van der Waals surface area contributed by atoms with Crippen LogP contribution in [0.4, 0.5) is 0 Å². The molecule has 0 fully saturated rings. The van der Waals surface area contributed by atoms with Gasteiger partial charge in [-0.25, -0.2) is 0 Å².